The van der Waals surface area contributed by atoms with Gasteiger partial charge < -0.3 is 11.5 Å². The van der Waals surface area contributed by atoms with Crippen LogP contribution < -0.4 is 11.5 Å². The predicted octanol–water partition coefficient (Wildman–Crippen LogP) is 0.233. The van der Waals surface area contributed by atoms with Crippen LogP contribution in [-0.2, 0) is 13.0 Å². The molecule has 1 aliphatic heterocycles. The van der Waals surface area contributed by atoms with Crippen LogP contribution in [0.4, 0.5) is 0 Å². The molecule has 74 valence electrons. The highest BCUT2D eigenvalue weighted by Crippen LogP contribution is 2.18. The average Bonchev–Trinajstić information content (AvgIpc) is 2.17. The summed E-state index contributed by atoms with van der Waals surface area (Å²) < 4.78 is 0. The Kier molecular flexibility index (Phi) is 2.26. The largest absolute Gasteiger partial charge is 0.369 e. The second-order valence-electron chi connectivity index (χ2n) is 3.43. The fraction of sp³-hybridized carbons (Fsp3) is 0.300. The van der Waals surface area contributed by atoms with Gasteiger partial charge >= 0.3 is 0 Å². The predicted molar refractivity (Wildman–Crippen MR) is 56.4 cm³/mol. The molecule has 0 bridgehead atoms. The van der Waals surface area contributed by atoms with Crippen LogP contribution in [0.25, 0.3) is 0 Å². The summed E-state index contributed by atoms with van der Waals surface area (Å²) in [5.74, 6) is 0.129. The molecule has 4 nitrogen and oxygen atoms in total. The normalized spacial score (nSPS) is 14.7. The molecule has 0 saturated carbocycles. The van der Waals surface area contributed by atoms with Gasteiger partial charge in [0.25, 0.3) is 0 Å². The maximum atomic E-state index is 5.33. The first-order valence-corrected chi connectivity index (χ1v) is 4.67. The molecular formula is C10H14N4. The Balaban J connectivity index is 2.17. The van der Waals surface area contributed by atoms with Gasteiger partial charge in [-0.15, -0.1) is 5.10 Å². The molecular weight excluding hydrogens is 176 g/mol. The minimum Gasteiger partial charge on any atom is -0.369 e. The molecule has 0 fully saturated rings. The van der Waals surface area contributed by atoms with E-state index in [2.05, 4.69) is 23.3 Å². The third-order valence-corrected chi connectivity index (χ3v) is 2.37. The highest BCUT2D eigenvalue weighted by Gasteiger charge is 2.13. The smallest absolute Gasteiger partial charge is 0.208 e. The number of nitrogens with two attached hydrogens (primary N) is 2. The van der Waals surface area contributed by atoms with Crippen molar-refractivity contribution in [2.75, 3.05) is 6.54 Å². The molecule has 0 amide bonds. The average molecular weight is 190 g/mol. The van der Waals surface area contributed by atoms with Crippen LogP contribution in [0.2, 0.25) is 0 Å². The molecule has 2 rings (SSSR count). The van der Waals surface area contributed by atoms with Gasteiger partial charge in [0.1, 0.15) is 0 Å². The summed E-state index contributed by atoms with van der Waals surface area (Å²) in [7, 11) is 0. The summed E-state index contributed by atoms with van der Waals surface area (Å²) in [6, 6.07) is 8.37. The van der Waals surface area contributed by atoms with E-state index in [1.54, 1.807) is 0 Å². The van der Waals surface area contributed by atoms with Crippen molar-refractivity contribution in [3.05, 3.63) is 35.4 Å². The van der Waals surface area contributed by atoms with Crippen molar-refractivity contribution < 1.29 is 0 Å². The van der Waals surface area contributed by atoms with Gasteiger partial charge in [-0.3, -0.25) is 5.01 Å². The van der Waals surface area contributed by atoms with Gasteiger partial charge in [-0.25, -0.2) is 0 Å². The third kappa shape index (κ3) is 1.79. The summed E-state index contributed by atoms with van der Waals surface area (Å²) in [6.45, 7) is 1.68. The Hall–Kier alpha value is -1.71. The number of rotatable bonds is 1. The lowest BCUT2D eigenvalue weighted by atomic mass is 10.0. The molecule has 0 aromatic heterocycles. The fourth-order valence-electron chi connectivity index (χ4n) is 1.73. The topological polar surface area (TPSA) is 67.6 Å². The zero-order valence-corrected chi connectivity index (χ0v) is 7.98. The summed E-state index contributed by atoms with van der Waals surface area (Å²) in [5, 5.41) is 5.94. The van der Waals surface area contributed by atoms with Crippen molar-refractivity contribution in [2.24, 2.45) is 16.6 Å². The first kappa shape index (κ1) is 8.87. The molecule has 14 heavy (non-hydrogen) atoms. The second kappa shape index (κ2) is 3.57. The summed E-state index contributed by atoms with van der Waals surface area (Å²) in [5.41, 5.74) is 13.4. The Labute approximate surface area is 83.2 Å². The minimum absolute atomic E-state index is 0.129. The lowest BCUT2D eigenvalue weighted by molar-refractivity contribution is 0.267. The summed E-state index contributed by atoms with van der Waals surface area (Å²) in [6.07, 6.45) is 1.01. The molecule has 1 aromatic rings. The van der Waals surface area contributed by atoms with Crippen molar-refractivity contribution in [1.82, 2.24) is 5.01 Å². The van der Waals surface area contributed by atoms with E-state index in [1.807, 2.05) is 11.1 Å². The molecule has 0 atom stereocenters. The Morgan fingerprint density at radius 3 is 2.64 bits per heavy atom. The van der Waals surface area contributed by atoms with Crippen molar-refractivity contribution in [3.63, 3.8) is 0 Å². The van der Waals surface area contributed by atoms with E-state index in [4.69, 9.17) is 11.5 Å². The molecule has 0 aliphatic carbocycles. The zero-order valence-electron chi connectivity index (χ0n) is 7.98. The molecule has 0 unspecified atom stereocenters. The van der Waals surface area contributed by atoms with E-state index in [-0.39, 0.29) is 5.96 Å². The van der Waals surface area contributed by atoms with Crippen molar-refractivity contribution >= 4 is 5.96 Å². The van der Waals surface area contributed by atoms with Gasteiger partial charge in [-0.05, 0) is 17.5 Å². The Morgan fingerprint density at radius 1 is 1.21 bits per heavy atom. The highest BCUT2D eigenvalue weighted by atomic mass is 15.5. The molecule has 1 aliphatic rings. The van der Waals surface area contributed by atoms with Crippen molar-refractivity contribution in [1.29, 1.82) is 0 Å². The van der Waals surface area contributed by atoms with Crippen LogP contribution in [0.1, 0.15) is 11.1 Å². The first-order chi connectivity index (χ1) is 6.75. The molecule has 0 radical (unpaired) electrons. The number of hydrazone groups is 1. The number of hydrogen-bond donors (Lipinski definition) is 2. The minimum atomic E-state index is 0.129. The molecule has 1 heterocycles. The lowest BCUT2D eigenvalue weighted by Crippen LogP contribution is -2.32. The summed E-state index contributed by atoms with van der Waals surface area (Å²) >= 11 is 0. The maximum Gasteiger partial charge on any atom is 0.208 e. The number of nitrogens with zero attached hydrogens (tertiary/aromatic N) is 2. The van der Waals surface area contributed by atoms with Gasteiger partial charge in [-0.2, -0.15) is 0 Å². The van der Waals surface area contributed by atoms with Gasteiger partial charge in [-0.1, -0.05) is 24.3 Å². The highest BCUT2D eigenvalue weighted by molar-refractivity contribution is 5.75. The maximum absolute atomic E-state index is 5.33. The standard InChI is InChI=1S/C10H14N4/c11-10(12)13-14-6-5-8-3-1-2-4-9(8)7-14/h1-4H,5-7H2,(H4,11,12,13). The van der Waals surface area contributed by atoms with E-state index in [0.29, 0.717) is 0 Å². The van der Waals surface area contributed by atoms with Crippen molar-refractivity contribution in [3.8, 4) is 0 Å². The number of guanidine groups is 1. The molecule has 0 spiro atoms. The van der Waals surface area contributed by atoms with Gasteiger partial charge in [0.15, 0.2) is 0 Å². The van der Waals surface area contributed by atoms with E-state index in [0.717, 1.165) is 19.5 Å². The Morgan fingerprint density at radius 2 is 1.93 bits per heavy atom. The SMILES string of the molecule is NC(N)=NN1CCc2ccccc2C1. The lowest BCUT2D eigenvalue weighted by Gasteiger charge is -2.26. The Bertz CT molecular complexity index is 355. The number of hydrogen-bond acceptors (Lipinski definition) is 2. The van der Waals surface area contributed by atoms with Crippen molar-refractivity contribution in [2.45, 2.75) is 13.0 Å². The van der Waals surface area contributed by atoms with E-state index in [9.17, 15) is 0 Å². The van der Waals surface area contributed by atoms with Gasteiger partial charge in [0, 0.05) is 6.54 Å². The van der Waals surface area contributed by atoms with E-state index in [1.165, 1.54) is 11.1 Å². The first-order valence-electron chi connectivity index (χ1n) is 4.67. The molecule has 0 saturated heterocycles. The van der Waals surface area contributed by atoms with Crippen LogP contribution in [0.5, 0.6) is 0 Å². The molecule has 4 N–H and O–H groups in total. The molecule has 4 heteroatoms. The number of benzene rings is 1. The van der Waals surface area contributed by atoms with Crippen LogP contribution in [-0.4, -0.2) is 17.5 Å². The van der Waals surface area contributed by atoms with Crippen LogP contribution in [0, 0.1) is 0 Å². The van der Waals surface area contributed by atoms with E-state index < -0.39 is 0 Å². The zero-order chi connectivity index (χ0) is 9.97. The quantitative estimate of drug-likeness (QED) is 0.492. The van der Waals surface area contributed by atoms with Crippen LogP contribution in [0.15, 0.2) is 29.4 Å². The van der Waals surface area contributed by atoms with Crippen LogP contribution >= 0.6 is 0 Å². The van der Waals surface area contributed by atoms with Gasteiger partial charge in [0.05, 0.1) is 6.54 Å². The van der Waals surface area contributed by atoms with E-state index >= 15 is 0 Å². The fourth-order valence-corrected chi connectivity index (χ4v) is 1.73. The third-order valence-electron chi connectivity index (χ3n) is 2.37. The van der Waals surface area contributed by atoms with Crippen LogP contribution in [0.3, 0.4) is 0 Å². The summed E-state index contributed by atoms with van der Waals surface area (Å²) in [4.78, 5) is 0. The van der Waals surface area contributed by atoms with Gasteiger partial charge in [0.2, 0.25) is 5.96 Å². The second-order valence-corrected chi connectivity index (χ2v) is 3.43. The monoisotopic (exact) mass is 190 g/mol. The number of fused-ring (bicyclic) bond motifs is 1. The molecule has 1 aromatic carbocycles.